The maximum atomic E-state index is 14.0. The first-order valence-corrected chi connectivity index (χ1v) is 6.37. The van der Waals surface area contributed by atoms with Gasteiger partial charge < -0.3 is 9.80 Å². The monoisotopic (exact) mass is 265 g/mol. The van der Waals surface area contributed by atoms with E-state index in [1.54, 1.807) is 11.0 Å². The van der Waals surface area contributed by atoms with E-state index in [2.05, 4.69) is 4.90 Å². The lowest BCUT2D eigenvalue weighted by atomic mass is 10.1. The van der Waals surface area contributed by atoms with Crippen LogP contribution in [0.4, 0.5) is 14.5 Å². The Balaban J connectivity index is 2.38. The third kappa shape index (κ3) is 2.85. The lowest BCUT2D eigenvalue weighted by molar-refractivity contribution is 0.336. The molecular formula is C14H17F2N3. The zero-order chi connectivity index (χ0) is 14.0. The van der Waals surface area contributed by atoms with Gasteiger partial charge in [0.05, 0.1) is 11.6 Å². The summed E-state index contributed by atoms with van der Waals surface area (Å²) in [6.07, 6.45) is 0.861. The molecule has 0 bridgehead atoms. The molecule has 19 heavy (non-hydrogen) atoms. The molecule has 1 aliphatic heterocycles. The molecule has 1 aromatic carbocycles. The molecule has 1 unspecified atom stereocenters. The van der Waals surface area contributed by atoms with Gasteiger partial charge >= 0.3 is 0 Å². The summed E-state index contributed by atoms with van der Waals surface area (Å²) < 4.78 is 28.1. The fourth-order valence-corrected chi connectivity index (χ4v) is 2.61. The van der Waals surface area contributed by atoms with E-state index in [-0.39, 0.29) is 17.3 Å². The number of anilines is 1. The van der Waals surface area contributed by atoms with Crippen molar-refractivity contribution in [2.45, 2.75) is 19.4 Å². The smallest absolute Gasteiger partial charge is 0.150 e. The lowest BCUT2D eigenvalue weighted by Crippen LogP contribution is -2.39. The van der Waals surface area contributed by atoms with Gasteiger partial charge in [-0.05, 0) is 39.1 Å². The van der Waals surface area contributed by atoms with Crippen molar-refractivity contribution in [2.24, 2.45) is 0 Å². The Morgan fingerprint density at radius 3 is 2.47 bits per heavy atom. The Kier molecular flexibility index (Phi) is 4.01. The Morgan fingerprint density at radius 1 is 1.26 bits per heavy atom. The van der Waals surface area contributed by atoms with E-state index in [1.807, 2.05) is 14.0 Å². The Morgan fingerprint density at radius 2 is 1.89 bits per heavy atom. The molecule has 1 heterocycles. The quantitative estimate of drug-likeness (QED) is 0.781. The summed E-state index contributed by atoms with van der Waals surface area (Å²) in [7, 11) is 2.01. The van der Waals surface area contributed by atoms with Crippen LogP contribution in [0.2, 0.25) is 0 Å². The van der Waals surface area contributed by atoms with Crippen LogP contribution in [-0.4, -0.2) is 37.6 Å². The Bertz CT molecular complexity index is 487. The van der Waals surface area contributed by atoms with Crippen LogP contribution in [-0.2, 0) is 0 Å². The molecule has 1 fully saturated rings. The molecule has 2 rings (SSSR count). The van der Waals surface area contributed by atoms with Crippen molar-refractivity contribution in [3.8, 4) is 6.07 Å². The predicted octanol–water partition coefficient (Wildman–Crippen LogP) is 2.37. The normalized spacial score (nSPS) is 21.0. The maximum absolute atomic E-state index is 14.0. The maximum Gasteiger partial charge on any atom is 0.150 e. The summed E-state index contributed by atoms with van der Waals surface area (Å²) in [4.78, 5) is 3.92. The van der Waals surface area contributed by atoms with Gasteiger partial charge in [0.1, 0.15) is 5.69 Å². The fraction of sp³-hybridized carbons (Fsp3) is 0.500. The number of halogens is 2. The van der Waals surface area contributed by atoms with Crippen molar-refractivity contribution < 1.29 is 8.78 Å². The zero-order valence-corrected chi connectivity index (χ0v) is 11.2. The van der Waals surface area contributed by atoms with Crippen molar-refractivity contribution in [2.75, 3.05) is 31.6 Å². The van der Waals surface area contributed by atoms with Crippen molar-refractivity contribution in [1.29, 1.82) is 5.26 Å². The van der Waals surface area contributed by atoms with Gasteiger partial charge in [0.15, 0.2) is 11.6 Å². The van der Waals surface area contributed by atoms with Crippen LogP contribution >= 0.6 is 0 Å². The molecule has 0 radical (unpaired) electrons. The highest BCUT2D eigenvalue weighted by Crippen LogP contribution is 2.28. The average Bonchev–Trinajstić information content (AvgIpc) is 2.50. The van der Waals surface area contributed by atoms with Crippen LogP contribution in [0.5, 0.6) is 0 Å². The first-order valence-electron chi connectivity index (χ1n) is 6.37. The molecule has 0 spiro atoms. The molecule has 1 aliphatic rings. The summed E-state index contributed by atoms with van der Waals surface area (Å²) >= 11 is 0. The molecule has 102 valence electrons. The summed E-state index contributed by atoms with van der Waals surface area (Å²) in [5.74, 6) is -1.32. The average molecular weight is 265 g/mol. The number of nitriles is 1. The molecule has 3 nitrogen and oxygen atoms in total. The second kappa shape index (κ2) is 5.54. The van der Waals surface area contributed by atoms with E-state index in [0.717, 1.165) is 31.6 Å². The van der Waals surface area contributed by atoms with Gasteiger partial charge in [-0.1, -0.05) is 0 Å². The number of rotatable bonds is 1. The number of benzene rings is 1. The van der Waals surface area contributed by atoms with Crippen molar-refractivity contribution in [3.63, 3.8) is 0 Å². The highest BCUT2D eigenvalue weighted by Gasteiger charge is 2.25. The van der Waals surface area contributed by atoms with Gasteiger partial charge in [0.2, 0.25) is 0 Å². The fourth-order valence-electron chi connectivity index (χ4n) is 2.61. The minimum Gasteiger partial charge on any atom is -0.363 e. The third-order valence-corrected chi connectivity index (χ3v) is 3.48. The first-order chi connectivity index (χ1) is 9.02. The van der Waals surface area contributed by atoms with Crippen LogP contribution < -0.4 is 4.90 Å². The molecule has 0 aromatic heterocycles. The lowest BCUT2D eigenvalue weighted by Gasteiger charge is -2.30. The molecule has 5 heteroatoms. The van der Waals surface area contributed by atoms with Crippen LogP contribution in [0.15, 0.2) is 12.1 Å². The van der Waals surface area contributed by atoms with Crippen LogP contribution in [0, 0.1) is 23.0 Å². The molecular weight excluding hydrogens is 248 g/mol. The van der Waals surface area contributed by atoms with Crippen molar-refractivity contribution in [1.82, 2.24) is 4.90 Å². The molecule has 0 saturated carbocycles. The molecule has 1 aromatic rings. The highest BCUT2D eigenvalue weighted by atomic mass is 19.1. The third-order valence-electron chi connectivity index (χ3n) is 3.48. The van der Waals surface area contributed by atoms with E-state index < -0.39 is 11.6 Å². The van der Waals surface area contributed by atoms with Gasteiger partial charge in [-0.15, -0.1) is 0 Å². The van der Waals surface area contributed by atoms with Gasteiger partial charge in [-0.25, -0.2) is 8.78 Å². The number of hydrogen-bond acceptors (Lipinski definition) is 3. The minimum atomic E-state index is -0.659. The van der Waals surface area contributed by atoms with Gasteiger partial charge in [-0.3, -0.25) is 0 Å². The van der Waals surface area contributed by atoms with E-state index in [9.17, 15) is 8.78 Å². The summed E-state index contributed by atoms with van der Waals surface area (Å²) in [5, 5.41) is 8.72. The molecule has 0 N–H and O–H groups in total. The van der Waals surface area contributed by atoms with E-state index in [4.69, 9.17) is 5.26 Å². The SMILES string of the molecule is CC1CN(C)CCCN1c1c(F)cc(C#N)cc1F. The highest BCUT2D eigenvalue weighted by molar-refractivity contribution is 5.53. The Labute approximate surface area is 112 Å². The number of hydrogen-bond donors (Lipinski definition) is 0. The number of nitrogens with zero attached hydrogens (tertiary/aromatic N) is 3. The Hall–Kier alpha value is -1.67. The van der Waals surface area contributed by atoms with Gasteiger partial charge in [-0.2, -0.15) is 5.26 Å². The summed E-state index contributed by atoms with van der Waals surface area (Å²) in [5.41, 5.74) is 0.000132. The molecule has 0 amide bonds. The topological polar surface area (TPSA) is 30.3 Å². The zero-order valence-electron chi connectivity index (χ0n) is 11.2. The summed E-state index contributed by atoms with van der Waals surface area (Å²) in [6.45, 7) is 4.25. The van der Waals surface area contributed by atoms with Crippen LogP contribution in [0.3, 0.4) is 0 Å². The minimum absolute atomic E-state index is 0.0122. The largest absolute Gasteiger partial charge is 0.363 e. The van der Waals surface area contributed by atoms with E-state index in [1.165, 1.54) is 0 Å². The van der Waals surface area contributed by atoms with Crippen LogP contribution in [0.1, 0.15) is 18.9 Å². The van der Waals surface area contributed by atoms with Gasteiger partial charge in [0.25, 0.3) is 0 Å². The first kappa shape index (κ1) is 13.8. The van der Waals surface area contributed by atoms with Crippen LogP contribution in [0.25, 0.3) is 0 Å². The van der Waals surface area contributed by atoms with E-state index in [0.29, 0.717) is 6.54 Å². The second-order valence-electron chi connectivity index (χ2n) is 5.06. The molecule has 0 aliphatic carbocycles. The molecule has 1 saturated heterocycles. The van der Waals surface area contributed by atoms with Crippen molar-refractivity contribution >= 4 is 5.69 Å². The predicted molar refractivity (Wildman–Crippen MR) is 70.0 cm³/mol. The standard InChI is InChI=1S/C14H17F2N3/c1-10-9-18(2)4-3-5-19(10)14-12(15)6-11(8-17)7-13(14)16/h6-7,10H,3-5,9H2,1-2H3. The second-order valence-corrected chi connectivity index (χ2v) is 5.06. The summed E-state index contributed by atoms with van der Waals surface area (Å²) in [6, 6.07) is 3.99. The van der Waals surface area contributed by atoms with Crippen molar-refractivity contribution in [3.05, 3.63) is 29.3 Å². The van der Waals surface area contributed by atoms with E-state index >= 15 is 0 Å². The molecule has 1 atom stereocenters. The van der Waals surface area contributed by atoms with Gasteiger partial charge in [0, 0.05) is 19.1 Å². The number of likely N-dealkylation sites (N-methyl/N-ethyl adjacent to an activating group) is 1.